The van der Waals surface area contributed by atoms with Gasteiger partial charge in [-0.25, -0.2) is 15.0 Å². The molecule has 0 aromatic carbocycles. The lowest BCUT2D eigenvalue weighted by molar-refractivity contribution is 0.0956. The van der Waals surface area contributed by atoms with Crippen molar-refractivity contribution in [3.05, 3.63) is 18.5 Å². The van der Waals surface area contributed by atoms with E-state index in [-0.39, 0.29) is 17.6 Å². The summed E-state index contributed by atoms with van der Waals surface area (Å²) in [6, 6.07) is 2.41. The molecule has 2 aromatic heterocycles. The highest BCUT2D eigenvalue weighted by molar-refractivity contribution is 7.99. The Bertz CT molecular complexity index is 1210. The number of fused-ring (bicyclic) bond motifs is 3. The molecule has 0 bridgehead atoms. The van der Waals surface area contributed by atoms with Gasteiger partial charge in [-0.05, 0) is 51.0 Å². The van der Waals surface area contributed by atoms with Gasteiger partial charge < -0.3 is 35.5 Å². The Kier molecular flexibility index (Phi) is 6.73. The fourth-order valence-electron chi connectivity index (χ4n) is 6.63. The van der Waals surface area contributed by atoms with Gasteiger partial charge in [0.15, 0.2) is 17.4 Å². The van der Waals surface area contributed by atoms with E-state index in [0.717, 1.165) is 86.9 Å². The summed E-state index contributed by atoms with van der Waals surface area (Å²) in [6.07, 6.45) is 9.52. The molecule has 2 aromatic rings. The summed E-state index contributed by atoms with van der Waals surface area (Å²) in [7, 11) is 0. The summed E-state index contributed by atoms with van der Waals surface area (Å²) in [6.45, 7) is 7.92. The van der Waals surface area contributed by atoms with Crippen LogP contribution in [0.15, 0.2) is 28.4 Å². The van der Waals surface area contributed by atoms with Crippen LogP contribution in [0.1, 0.15) is 39.0 Å². The number of hydrogen-bond acceptors (Lipinski definition) is 11. The predicted octanol–water partition coefficient (Wildman–Crippen LogP) is 2.95. The number of ether oxygens (including phenoxy) is 3. The topological polar surface area (TPSA) is 125 Å². The van der Waals surface area contributed by atoms with Crippen LogP contribution < -0.4 is 26.0 Å². The molecule has 1 spiro atoms. The minimum atomic E-state index is 0.0725. The van der Waals surface area contributed by atoms with Crippen LogP contribution in [0.5, 0.6) is 5.75 Å². The Morgan fingerprint density at radius 2 is 2.00 bits per heavy atom. The minimum Gasteiger partial charge on any atom is -0.486 e. The maximum atomic E-state index is 6.49. The SMILES string of the molecule is C[C@@H]1OCC2(CCN(c3cnc(Sc4ccnc5c4OC[C@@H]4CC(COCC6CC6)CN54)c(N)n3)CC2)[C@@H]1N. The predicted molar refractivity (Wildman–Crippen MR) is 150 cm³/mol. The molecule has 11 heteroatoms. The molecule has 7 rings (SSSR count). The van der Waals surface area contributed by atoms with Crippen LogP contribution >= 0.6 is 11.8 Å². The van der Waals surface area contributed by atoms with Crippen molar-refractivity contribution in [1.82, 2.24) is 15.0 Å². The Hall–Kier alpha value is -2.34. The summed E-state index contributed by atoms with van der Waals surface area (Å²) >= 11 is 1.49. The normalized spacial score (nSPS) is 29.4. The first kappa shape index (κ1) is 25.6. The van der Waals surface area contributed by atoms with Gasteiger partial charge in [0.2, 0.25) is 0 Å². The maximum absolute atomic E-state index is 6.49. The highest BCUT2D eigenvalue weighted by Crippen LogP contribution is 2.46. The number of nitrogens with zero attached hydrogens (tertiary/aromatic N) is 5. The van der Waals surface area contributed by atoms with E-state index in [4.69, 9.17) is 40.6 Å². The smallest absolute Gasteiger partial charge is 0.175 e. The van der Waals surface area contributed by atoms with Crippen molar-refractivity contribution in [2.75, 3.05) is 61.6 Å². The molecule has 210 valence electrons. The van der Waals surface area contributed by atoms with E-state index in [1.165, 1.54) is 24.6 Å². The van der Waals surface area contributed by atoms with Crippen LogP contribution in [0.4, 0.5) is 17.5 Å². The second kappa shape index (κ2) is 10.2. The lowest BCUT2D eigenvalue weighted by Crippen LogP contribution is -2.50. The van der Waals surface area contributed by atoms with Gasteiger partial charge in [-0.3, -0.25) is 0 Å². The van der Waals surface area contributed by atoms with Crippen molar-refractivity contribution >= 4 is 29.2 Å². The molecular formula is C28H39N7O3S. The van der Waals surface area contributed by atoms with Crippen molar-refractivity contribution in [3.63, 3.8) is 0 Å². The van der Waals surface area contributed by atoms with Crippen LogP contribution in [0.25, 0.3) is 0 Å². The molecule has 4 aliphatic heterocycles. The number of rotatable bonds is 7. The van der Waals surface area contributed by atoms with Crippen molar-refractivity contribution < 1.29 is 14.2 Å². The molecule has 4 N–H and O–H groups in total. The number of nitrogen functional groups attached to an aromatic ring is 1. The lowest BCUT2D eigenvalue weighted by atomic mass is 9.73. The molecule has 39 heavy (non-hydrogen) atoms. The van der Waals surface area contributed by atoms with Gasteiger partial charge in [-0.1, -0.05) is 11.8 Å². The quantitative estimate of drug-likeness (QED) is 0.526. The monoisotopic (exact) mass is 553 g/mol. The van der Waals surface area contributed by atoms with Gasteiger partial charge in [-0.2, -0.15) is 0 Å². The van der Waals surface area contributed by atoms with E-state index in [1.807, 2.05) is 18.5 Å². The van der Waals surface area contributed by atoms with Gasteiger partial charge in [-0.15, -0.1) is 0 Å². The molecule has 4 atom stereocenters. The molecule has 1 aliphatic carbocycles. The van der Waals surface area contributed by atoms with Gasteiger partial charge in [0.1, 0.15) is 17.5 Å². The number of piperidine rings is 1. The molecule has 3 saturated heterocycles. The van der Waals surface area contributed by atoms with Crippen LogP contribution in [0.3, 0.4) is 0 Å². The van der Waals surface area contributed by atoms with Crippen LogP contribution in [-0.2, 0) is 9.47 Å². The van der Waals surface area contributed by atoms with Gasteiger partial charge in [0.25, 0.3) is 0 Å². The van der Waals surface area contributed by atoms with Gasteiger partial charge in [0, 0.05) is 49.8 Å². The third-order valence-electron chi connectivity index (χ3n) is 9.33. The number of aromatic nitrogens is 3. The zero-order valence-corrected chi connectivity index (χ0v) is 23.4. The van der Waals surface area contributed by atoms with Gasteiger partial charge >= 0.3 is 0 Å². The first-order valence-corrected chi connectivity index (χ1v) is 15.2. The molecule has 5 aliphatic rings. The molecular weight excluding hydrogens is 514 g/mol. The summed E-state index contributed by atoms with van der Waals surface area (Å²) in [5.74, 6) is 4.28. The summed E-state index contributed by atoms with van der Waals surface area (Å²) in [4.78, 5) is 19.8. The largest absolute Gasteiger partial charge is 0.486 e. The second-order valence-electron chi connectivity index (χ2n) is 12.1. The van der Waals surface area contributed by atoms with E-state index in [2.05, 4.69) is 16.7 Å². The molecule has 0 radical (unpaired) electrons. The van der Waals surface area contributed by atoms with Crippen molar-refractivity contribution in [2.24, 2.45) is 23.0 Å². The third kappa shape index (κ3) is 4.92. The summed E-state index contributed by atoms with van der Waals surface area (Å²) in [5.41, 5.74) is 13.0. The molecule has 1 saturated carbocycles. The highest BCUT2D eigenvalue weighted by atomic mass is 32.2. The van der Waals surface area contributed by atoms with Crippen LogP contribution in [0.2, 0.25) is 0 Å². The van der Waals surface area contributed by atoms with E-state index in [0.29, 0.717) is 29.4 Å². The second-order valence-corrected chi connectivity index (χ2v) is 13.1. The molecule has 6 heterocycles. The Balaban J connectivity index is 1.01. The minimum absolute atomic E-state index is 0.0725. The number of nitrogens with two attached hydrogens (primary N) is 2. The van der Waals surface area contributed by atoms with E-state index < -0.39 is 0 Å². The lowest BCUT2D eigenvalue weighted by Gasteiger charge is -2.41. The van der Waals surface area contributed by atoms with Gasteiger partial charge in [0.05, 0.1) is 36.5 Å². The van der Waals surface area contributed by atoms with Crippen molar-refractivity contribution in [1.29, 1.82) is 0 Å². The molecule has 1 unspecified atom stereocenters. The fraction of sp³-hybridized carbons (Fsp3) is 0.679. The highest BCUT2D eigenvalue weighted by Gasteiger charge is 2.47. The molecule has 10 nitrogen and oxygen atoms in total. The molecule has 0 amide bonds. The average Bonchev–Trinajstić information content (AvgIpc) is 3.62. The Morgan fingerprint density at radius 1 is 1.18 bits per heavy atom. The third-order valence-corrected chi connectivity index (χ3v) is 10.4. The van der Waals surface area contributed by atoms with E-state index in [1.54, 1.807) is 0 Å². The van der Waals surface area contributed by atoms with E-state index >= 15 is 0 Å². The number of pyridine rings is 1. The van der Waals surface area contributed by atoms with Crippen molar-refractivity contribution in [3.8, 4) is 5.75 Å². The number of hydrogen-bond donors (Lipinski definition) is 2. The summed E-state index contributed by atoms with van der Waals surface area (Å²) < 4.78 is 18.1. The summed E-state index contributed by atoms with van der Waals surface area (Å²) in [5, 5.41) is 0.680. The van der Waals surface area contributed by atoms with Crippen LogP contribution in [0, 0.1) is 17.3 Å². The maximum Gasteiger partial charge on any atom is 0.175 e. The number of anilines is 3. The fourth-order valence-corrected chi connectivity index (χ4v) is 7.47. The molecule has 4 fully saturated rings. The average molecular weight is 554 g/mol. The Labute approximate surface area is 234 Å². The first-order valence-electron chi connectivity index (χ1n) is 14.4. The Morgan fingerprint density at radius 3 is 2.74 bits per heavy atom. The standard InChI is InChI=1S/C28H39N7O3S/c1-17-24(29)28(16-38-17)5-8-34(9-6-28)22-11-32-27(25(30)33-22)39-21-4-7-31-26-23(21)37-15-20-10-19(12-35(20)26)14-36-13-18-2-3-18/h4,7,11,17-20,24H,2-3,5-6,8-10,12-16,29H2,1H3,(H2,30,33)/t17-,19?,20-,24+/m0/s1. The van der Waals surface area contributed by atoms with Crippen LogP contribution in [-0.4, -0.2) is 79.2 Å². The zero-order valence-electron chi connectivity index (χ0n) is 22.6. The first-order chi connectivity index (χ1) is 19.0. The van der Waals surface area contributed by atoms with Crippen molar-refractivity contribution in [2.45, 2.75) is 67.1 Å². The van der Waals surface area contributed by atoms with E-state index in [9.17, 15) is 0 Å². The zero-order chi connectivity index (χ0) is 26.6.